The standard InChI is InChI=1S/C11H11NO/c1-3-7-11(8-4-1)13-12-9-5-2-6-10-12/h1,3-10H,2H2. The molecule has 0 amide bonds. The number of allylic oxidation sites excluding steroid dienone is 2. The molecule has 0 aromatic heterocycles. The van der Waals surface area contributed by atoms with Crippen molar-refractivity contribution in [3.63, 3.8) is 0 Å². The summed E-state index contributed by atoms with van der Waals surface area (Å²) in [4.78, 5) is 5.52. The minimum absolute atomic E-state index is 0.846. The van der Waals surface area contributed by atoms with Gasteiger partial charge in [0.1, 0.15) is 0 Å². The van der Waals surface area contributed by atoms with Crippen molar-refractivity contribution >= 4 is 0 Å². The number of rotatable bonds is 2. The van der Waals surface area contributed by atoms with Crippen LogP contribution in [0.1, 0.15) is 6.42 Å². The van der Waals surface area contributed by atoms with Crippen LogP contribution in [0, 0.1) is 0 Å². The maximum atomic E-state index is 5.52. The first-order chi connectivity index (χ1) is 6.45. The Kier molecular flexibility index (Phi) is 2.32. The number of hydroxylamine groups is 2. The van der Waals surface area contributed by atoms with Gasteiger partial charge < -0.3 is 4.84 Å². The zero-order valence-corrected chi connectivity index (χ0v) is 7.26. The normalized spacial score (nSPS) is 14.6. The molecule has 13 heavy (non-hydrogen) atoms. The minimum Gasteiger partial charge on any atom is -0.376 e. The van der Waals surface area contributed by atoms with Gasteiger partial charge in [0, 0.05) is 12.4 Å². The average Bonchev–Trinajstić information content (AvgIpc) is 2.21. The van der Waals surface area contributed by atoms with Crippen molar-refractivity contribution in [1.82, 2.24) is 5.06 Å². The number of hydrogen-bond acceptors (Lipinski definition) is 2. The topological polar surface area (TPSA) is 12.5 Å². The van der Waals surface area contributed by atoms with Crippen molar-refractivity contribution in [2.45, 2.75) is 6.42 Å². The molecule has 1 aliphatic heterocycles. The van der Waals surface area contributed by atoms with E-state index in [1.165, 1.54) is 0 Å². The fraction of sp³-hybridized carbons (Fsp3) is 0.0909. The highest BCUT2D eigenvalue weighted by Gasteiger charge is 1.98. The number of nitrogens with zero attached hydrogens (tertiary/aromatic N) is 1. The molecule has 0 atom stereocenters. The van der Waals surface area contributed by atoms with Crippen molar-refractivity contribution in [2.24, 2.45) is 0 Å². The SMILES string of the molecule is C1=CN(Oc2ccccc2)C=CC1. The molecule has 1 heterocycles. The molecular formula is C11H11NO. The molecule has 0 aliphatic carbocycles. The van der Waals surface area contributed by atoms with E-state index in [0.29, 0.717) is 0 Å². The van der Waals surface area contributed by atoms with Crippen LogP contribution in [-0.4, -0.2) is 5.06 Å². The molecular weight excluding hydrogens is 162 g/mol. The van der Waals surface area contributed by atoms with Crippen LogP contribution in [0.4, 0.5) is 0 Å². The summed E-state index contributed by atoms with van der Waals surface area (Å²) >= 11 is 0. The molecule has 1 aromatic rings. The summed E-state index contributed by atoms with van der Waals surface area (Å²) in [5.74, 6) is 0.846. The predicted molar refractivity (Wildman–Crippen MR) is 51.8 cm³/mol. The third-order valence-electron chi connectivity index (χ3n) is 1.73. The molecule has 2 nitrogen and oxygen atoms in total. The molecule has 0 bridgehead atoms. The molecule has 0 N–H and O–H groups in total. The molecule has 1 aliphatic rings. The van der Waals surface area contributed by atoms with Crippen molar-refractivity contribution in [3.05, 3.63) is 54.9 Å². The quantitative estimate of drug-likeness (QED) is 0.681. The fourth-order valence-corrected chi connectivity index (χ4v) is 1.12. The molecule has 2 heteroatoms. The lowest BCUT2D eigenvalue weighted by molar-refractivity contribution is 0.0438. The minimum atomic E-state index is 0.846. The lowest BCUT2D eigenvalue weighted by Gasteiger charge is -2.17. The van der Waals surface area contributed by atoms with Gasteiger partial charge in [-0.2, -0.15) is 5.06 Å². The van der Waals surface area contributed by atoms with Gasteiger partial charge in [0.25, 0.3) is 0 Å². The highest BCUT2D eigenvalue weighted by molar-refractivity contribution is 5.21. The number of hydrogen-bond donors (Lipinski definition) is 0. The highest BCUT2D eigenvalue weighted by atomic mass is 16.7. The van der Waals surface area contributed by atoms with Crippen LogP contribution in [0.3, 0.4) is 0 Å². The van der Waals surface area contributed by atoms with Crippen LogP contribution in [0.2, 0.25) is 0 Å². The van der Waals surface area contributed by atoms with E-state index >= 15 is 0 Å². The van der Waals surface area contributed by atoms with Gasteiger partial charge in [0.05, 0.1) is 0 Å². The Bertz CT molecular complexity index is 304. The van der Waals surface area contributed by atoms with E-state index < -0.39 is 0 Å². The summed E-state index contributed by atoms with van der Waals surface area (Å²) < 4.78 is 0. The Morgan fingerprint density at radius 2 is 1.69 bits per heavy atom. The Morgan fingerprint density at radius 3 is 2.38 bits per heavy atom. The molecule has 0 radical (unpaired) electrons. The summed E-state index contributed by atoms with van der Waals surface area (Å²) in [6.45, 7) is 0. The van der Waals surface area contributed by atoms with Gasteiger partial charge >= 0.3 is 0 Å². The molecule has 0 fully saturated rings. The predicted octanol–water partition coefficient (Wildman–Crippen LogP) is 2.71. The smallest absolute Gasteiger partial charge is 0.155 e. The third-order valence-corrected chi connectivity index (χ3v) is 1.73. The number of benzene rings is 1. The first kappa shape index (κ1) is 7.92. The van der Waals surface area contributed by atoms with Gasteiger partial charge in [-0.05, 0) is 18.6 Å². The average molecular weight is 173 g/mol. The molecule has 0 unspecified atom stereocenters. The van der Waals surface area contributed by atoms with Crippen molar-refractivity contribution in [1.29, 1.82) is 0 Å². The maximum Gasteiger partial charge on any atom is 0.155 e. The molecule has 0 saturated heterocycles. The first-order valence-electron chi connectivity index (χ1n) is 4.30. The van der Waals surface area contributed by atoms with Crippen LogP contribution < -0.4 is 4.84 Å². The van der Waals surface area contributed by atoms with E-state index in [2.05, 4.69) is 0 Å². The van der Waals surface area contributed by atoms with E-state index in [9.17, 15) is 0 Å². The second-order valence-electron chi connectivity index (χ2n) is 2.77. The van der Waals surface area contributed by atoms with E-state index in [-0.39, 0.29) is 0 Å². The van der Waals surface area contributed by atoms with Crippen LogP contribution >= 0.6 is 0 Å². The Hall–Kier alpha value is -1.70. The van der Waals surface area contributed by atoms with E-state index in [1.807, 2.05) is 54.9 Å². The van der Waals surface area contributed by atoms with Gasteiger partial charge in [-0.3, -0.25) is 0 Å². The highest BCUT2D eigenvalue weighted by Crippen LogP contribution is 2.12. The summed E-state index contributed by atoms with van der Waals surface area (Å²) in [5, 5.41) is 1.69. The van der Waals surface area contributed by atoms with Crippen LogP contribution in [-0.2, 0) is 0 Å². The first-order valence-corrected chi connectivity index (χ1v) is 4.30. The molecule has 0 saturated carbocycles. The van der Waals surface area contributed by atoms with Gasteiger partial charge in [-0.25, -0.2) is 0 Å². The molecule has 1 aromatic carbocycles. The Balaban J connectivity index is 2.02. The van der Waals surface area contributed by atoms with Crippen molar-refractivity contribution in [2.75, 3.05) is 0 Å². The molecule has 2 rings (SSSR count). The monoisotopic (exact) mass is 173 g/mol. The summed E-state index contributed by atoms with van der Waals surface area (Å²) in [6.07, 6.45) is 8.89. The molecule has 66 valence electrons. The second-order valence-corrected chi connectivity index (χ2v) is 2.77. The zero-order valence-electron chi connectivity index (χ0n) is 7.26. The van der Waals surface area contributed by atoms with Gasteiger partial charge in [0.15, 0.2) is 5.75 Å². The maximum absolute atomic E-state index is 5.52. The largest absolute Gasteiger partial charge is 0.376 e. The van der Waals surface area contributed by atoms with E-state index in [4.69, 9.17) is 4.84 Å². The van der Waals surface area contributed by atoms with Gasteiger partial charge in [0.2, 0.25) is 0 Å². The third kappa shape index (κ3) is 2.12. The van der Waals surface area contributed by atoms with E-state index in [1.54, 1.807) is 5.06 Å². The summed E-state index contributed by atoms with van der Waals surface area (Å²) in [7, 11) is 0. The van der Waals surface area contributed by atoms with Gasteiger partial charge in [-0.1, -0.05) is 30.4 Å². The lowest BCUT2D eigenvalue weighted by Crippen LogP contribution is -2.15. The van der Waals surface area contributed by atoms with Crippen molar-refractivity contribution < 1.29 is 4.84 Å². The zero-order chi connectivity index (χ0) is 8.93. The fourth-order valence-electron chi connectivity index (χ4n) is 1.12. The van der Waals surface area contributed by atoms with E-state index in [0.717, 1.165) is 12.2 Å². The summed E-state index contributed by atoms with van der Waals surface area (Å²) in [5.41, 5.74) is 0. The lowest BCUT2D eigenvalue weighted by atomic mass is 10.3. The Morgan fingerprint density at radius 1 is 1.00 bits per heavy atom. The Labute approximate surface area is 77.7 Å². The van der Waals surface area contributed by atoms with Crippen LogP contribution in [0.5, 0.6) is 5.75 Å². The summed E-state index contributed by atoms with van der Waals surface area (Å²) in [6, 6.07) is 9.72. The molecule has 0 spiro atoms. The van der Waals surface area contributed by atoms with Crippen LogP contribution in [0.25, 0.3) is 0 Å². The second kappa shape index (κ2) is 3.81. The van der Waals surface area contributed by atoms with Crippen molar-refractivity contribution in [3.8, 4) is 5.75 Å². The van der Waals surface area contributed by atoms with Gasteiger partial charge in [-0.15, -0.1) is 0 Å². The number of para-hydroxylation sites is 1. The van der Waals surface area contributed by atoms with Crippen LogP contribution in [0.15, 0.2) is 54.9 Å².